The van der Waals surface area contributed by atoms with Crippen molar-refractivity contribution in [1.82, 2.24) is 9.97 Å². The molecule has 94 valence electrons. The molecule has 2 rings (SSSR count). The minimum atomic E-state index is -0.443. The Labute approximate surface area is 105 Å². The van der Waals surface area contributed by atoms with Crippen molar-refractivity contribution in [2.75, 3.05) is 24.2 Å². The van der Waals surface area contributed by atoms with Gasteiger partial charge in [-0.2, -0.15) is 4.98 Å². The lowest BCUT2D eigenvalue weighted by Crippen LogP contribution is -2.09. The average molecular weight is 246 g/mol. The van der Waals surface area contributed by atoms with Gasteiger partial charge in [0.2, 0.25) is 5.95 Å². The third-order valence-electron chi connectivity index (χ3n) is 2.52. The van der Waals surface area contributed by atoms with Crippen LogP contribution >= 0.6 is 0 Å². The van der Waals surface area contributed by atoms with Crippen LogP contribution in [0.2, 0.25) is 0 Å². The van der Waals surface area contributed by atoms with Crippen LogP contribution in [-0.2, 0) is 6.42 Å². The van der Waals surface area contributed by atoms with Gasteiger partial charge in [0, 0.05) is 13.6 Å². The van der Waals surface area contributed by atoms with E-state index in [4.69, 9.17) is 0 Å². The molecule has 5 heteroatoms. The van der Waals surface area contributed by atoms with E-state index in [1.165, 1.54) is 5.56 Å². The van der Waals surface area contributed by atoms with Gasteiger partial charge in [0.05, 0.1) is 6.20 Å². The van der Waals surface area contributed by atoms with Crippen molar-refractivity contribution < 1.29 is 4.39 Å². The molecule has 0 saturated heterocycles. The monoisotopic (exact) mass is 246 g/mol. The molecule has 0 fully saturated rings. The molecule has 2 aromatic rings. The SMILES string of the molecule is CNc1ncc(F)c(NCCc2ccccc2)n1. The summed E-state index contributed by atoms with van der Waals surface area (Å²) in [5, 5.41) is 5.74. The zero-order valence-corrected chi connectivity index (χ0v) is 10.2. The lowest BCUT2D eigenvalue weighted by Gasteiger charge is -2.07. The van der Waals surface area contributed by atoms with Crippen molar-refractivity contribution in [2.24, 2.45) is 0 Å². The number of halogens is 1. The van der Waals surface area contributed by atoms with Crippen LogP contribution in [0.5, 0.6) is 0 Å². The largest absolute Gasteiger partial charge is 0.367 e. The number of nitrogens with one attached hydrogen (secondary N) is 2. The van der Waals surface area contributed by atoms with Gasteiger partial charge in [-0.25, -0.2) is 9.37 Å². The van der Waals surface area contributed by atoms with E-state index >= 15 is 0 Å². The molecule has 0 aliphatic rings. The molecular formula is C13H15FN4. The van der Waals surface area contributed by atoms with Gasteiger partial charge < -0.3 is 10.6 Å². The normalized spacial score (nSPS) is 10.1. The first kappa shape index (κ1) is 12.3. The highest BCUT2D eigenvalue weighted by molar-refractivity contribution is 5.40. The molecule has 0 spiro atoms. The van der Waals surface area contributed by atoms with Gasteiger partial charge in [-0.05, 0) is 12.0 Å². The maximum Gasteiger partial charge on any atom is 0.224 e. The molecule has 0 bridgehead atoms. The summed E-state index contributed by atoms with van der Waals surface area (Å²) >= 11 is 0. The minimum absolute atomic E-state index is 0.227. The first-order valence-corrected chi connectivity index (χ1v) is 5.77. The summed E-state index contributed by atoms with van der Waals surface area (Å²) in [6, 6.07) is 10.0. The van der Waals surface area contributed by atoms with E-state index in [1.54, 1.807) is 7.05 Å². The molecule has 0 atom stereocenters. The van der Waals surface area contributed by atoms with E-state index in [9.17, 15) is 4.39 Å². The molecule has 1 aromatic heterocycles. The Hall–Kier alpha value is -2.17. The van der Waals surface area contributed by atoms with Crippen LogP contribution in [0.15, 0.2) is 36.5 Å². The van der Waals surface area contributed by atoms with Crippen LogP contribution in [0.1, 0.15) is 5.56 Å². The smallest absolute Gasteiger partial charge is 0.224 e. The molecule has 0 aliphatic heterocycles. The number of hydrogen-bond donors (Lipinski definition) is 2. The number of nitrogens with zero attached hydrogens (tertiary/aromatic N) is 2. The Morgan fingerprint density at radius 1 is 1.22 bits per heavy atom. The average Bonchev–Trinajstić information content (AvgIpc) is 2.42. The third-order valence-corrected chi connectivity index (χ3v) is 2.52. The highest BCUT2D eigenvalue weighted by Gasteiger charge is 2.05. The lowest BCUT2D eigenvalue weighted by molar-refractivity contribution is 0.617. The maximum atomic E-state index is 13.4. The Balaban J connectivity index is 1.94. The summed E-state index contributed by atoms with van der Waals surface area (Å²) in [6.45, 7) is 0.626. The zero-order valence-electron chi connectivity index (χ0n) is 10.2. The molecule has 0 radical (unpaired) electrons. The predicted molar refractivity (Wildman–Crippen MR) is 70.2 cm³/mol. The fraction of sp³-hybridized carbons (Fsp3) is 0.231. The molecule has 18 heavy (non-hydrogen) atoms. The second-order valence-corrected chi connectivity index (χ2v) is 3.80. The lowest BCUT2D eigenvalue weighted by atomic mass is 10.1. The molecule has 0 aliphatic carbocycles. The van der Waals surface area contributed by atoms with Gasteiger partial charge in [0.1, 0.15) is 0 Å². The van der Waals surface area contributed by atoms with Crippen molar-refractivity contribution in [1.29, 1.82) is 0 Å². The van der Waals surface area contributed by atoms with E-state index < -0.39 is 5.82 Å². The van der Waals surface area contributed by atoms with Crippen molar-refractivity contribution >= 4 is 11.8 Å². The Kier molecular flexibility index (Phi) is 4.06. The second kappa shape index (κ2) is 5.95. The first-order chi connectivity index (χ1) is 8.79. The summed E-state index contributed by atoms with van der Waals surface area (Å²) in [5.41, 5.74) is 1.20. The number of rotatable bonds is 5. The van der Waals surface area contributed by atoms with Crippen molar-refractivity contribution in [3.8, 4) is 0 Å². The topological polar surface area (TPSA) is 49.8 Å². The summed E-state index contributed by atoms with van der Waals surface area (Å²) in [6.07, 6.45) is 1.98. The number of benzene rings is 1. The molecule has 1 aromatic carbocycles. The highest BCUT2D eigenvalue weighted by atomic mass is 19.1. The second-order valence-electron chi connectivity index (χ2n) is 3.80. The fourth-order valence-corrected chi connectivity index (χ4v) is 1.58. The Morgan fingerprint density at radius 3 is 2.72 bits per heavy atom. The number of aromatic nitrogens is 2. The van der Waals surface area contributed by atoms with Gasteiger partial charge in [-0.1, -0.05) is 30.3 Å². The van der Waals surface area contributed by atoms with E-state index in [0.717, 1.165) is 12.6 Å². The van der Waals surface area contributed by atoms with Gasteiger partial charge in [-0.15, -0.1) is 0 Å². The van der Waals surface area contributed by atoms with Crippen molar-refractivity contribution in [3.05, 3.63) is 47.9 Å². The van der Waals surface area contributed by atoms with E-state index in [-0.39, 0.29) is 5.82 Å². The van der Waals surface area contributed by atoms with Gasteiger partial charge in [-0.3, -0.25) is 0 Å². The molecule has 0 unspecified atom stereocenters. The van der Waals surface area contributed by atoms with Gasteiger partial charge >= 0.3 is 0 Å². The van der Waals surface area contributed by atoms with Gasteiger partial charge in [0.25, 0.3) is 0 Å². The van der Waals surface area contributed by atoms with E-state index in [0.29, 0.717) is 12.5 Å². The minimum Gasteiger partial charge on any atom is -0.367 e. The van der Waals surface area contributed by atoms with Crippen LogP contribution in [-0.4, -0.2) is 23.6 Å². The summed E-state index contributed by atoms with van der Waals surface area (Å²) < 4.78 is 13.4. The standard InChI is InChI=1S/C13H15FN4/c1-15-13-17-9-11(14)12(18-13)16-8-7-10-5-3-2-4-6-10/h2-6,9H,7-8H2,1H3,(H2,15,16,17,18). The van der Waals surface area contributed by atoms with Crippen molar-refractivity contribution in [2.45, 2.75) is 6.42 Å². The Bertz CT molecular complexity index is 502. The van der Waals surface area contributed by atoms with Crippen LogP contribution in [0, 0.1) is 5.82 Å². The number of hydrogen-bond acceptors (Lipinski definition) is 4. The van der Waals surface area contributed by atoms with Crippen LogP contribution in [0.3, 0.4) is 0 Å². The van der Waals surface area contributed by atoms with Crippen LogP contribution in [0.25, 0.3) is 0 Å². The van der Waals surface area contributed by atoms with E-state index in [1.807, 2.05) is 30.3 Å². The summed E-state index contributed by atoms with van der Waals surface area (Å²) in [5.74, 6) is 0.186. The Morgan fingerprint density at radius 2 is 2.00 bits per heavy atom. The molecule has 0 saturated carbocycles. The molecule has 0 amide bonds. The molecular weight excluding hydrogens is 231 g/mol. The molecule has 1 heterocycles. The van der Waals surface area contributed by atoms with Crippen LogP contribution < -0.4 is 10.6 Å². The highest BCUT2D eigenvalue weighted by Crippen LogP contribution is 2.11. The third kappa shape index (κ3) is 3.16. The van der Waals surface area contributed by atoms with Gasteiger partial charge in [0.15, 0.2) is 11.6 Å². The number of anilines is 2. The van der Waals surface area contributed by atoms with Crippen molar-refractivity contribution in [3.63, 3.8) is 0 Å². The quantitative estimate of drug-likeness (QED) is 0.850. The van der Waals surface area contributed by atoms with E-state index in [2.05, 4.69) is 20.6 Å². The molecule has 4 nitrogen and oxygen atoms in total. The fourth-order valence-electron chi connectivity index (χ4n) is 1.58. The maximum absolute atomic E-state index is 13.4. The predicted octanol–water partition coefficient (Wildman–Crippen LogP) is 2.31. The summed E-state index contributed by atoms with van der Waals surface area (Å²) in [4.78, 5) is 7.80. The zero-order chi connectivity index (χ0) is 12.8. The first-order valence-electron chi connectivity index (χ1n) is 5.77. The van der Waals surface area contributed by atoms with Crippen LogP contribution in [0.4, 0.5) is 16.2 Å². The summed E-state index contributed by atoms with van der Waals surface area (Å²) in [7, 11) is 1.70. The molecule has 2 N–H and O–H groups in total.